The van der Waals surface area contributed by atoms with E-state index in [0.717, 1.165) is 20.9 Å². The van der Waals surface area contributed by atoms with Crippen molar-refractivity contribution in [1.82, 2.24) is 14.6 Å². The molecule has 3 aromatic carbocycles. The number of benzene rings is 3. The topological polar surface area (TPSA) is 174 Å². The molecular weight excluding hydrogens is 726 g/mol. The quantitative estimate of drug-likeness (QED) is 0.144. The Balaban J connectivity index is 1.56. The number of imide groups is 2. The molecule has 0 saturated carbocycles. The Morgan fingerprint density at radius 3 is 2.10 bits per heavy atom. The summed E-state index contributed by atoms with van der Waals surface area (Å²) in [7, 11) is -4.25. The van der Waals surface area contributed by atoms with Gasteiger partial charge in [0.25, 0.3) is 21.8 Å². The SMILES string of the molecule is CC(C)C(C(=O)c1nc2ccccc2s1)N(C(=O)c1ccc(C(=O)NS(=O)(=O)c2ccc(Cl)cc2)cc1)C(=O)[N+]1(C(=O)[C@@H](N)C(C)C)CCC[C@H]1C. The number of rotatable bonds is 10. The van der Waals surface area contributed by atoms with Crippen molar-refractivity contribution in [2.45, 2.75) is 70.5 Å². The molecule has 5 rings (SSSR count). The van der Waals surface area contributed by atoms with Gasteiger partial charge in [0, 0.05) is 29.0 Å². The van der Waals surface area contributed by atoms with E-state index in [-0.39, 0.29) is 33.5 Å². The zero-order chi connectivity index (χ0) is 38.1. The van der Waals surface area contributed by atoms with E-state index in [1.54, 1.807) is 46.8 Å². The number of halogens is 1. The van der Waals surface area contributed by atoms with Gasteiger partial charge in [0.15, 0.2) is 5.01 Å². The second-order valence-corrected chi connectivity index (χ2v) is 16.8. The summed E-state index contributed by atoms with van der Waals surface area (Å²) < 4.78 is 27.7. The summed E-state index contributed by atoms with van der Waals surface area (Å²) in [5, 5.41) is 0.421. The molecule has 5 amide bonds. The third kappa shape index (κ3) is 7.44. The first-order chi connectivity index (χ1) is 24.5. The van der Waals surface area contributed by atoms with Gasteiger partial charge in [0.1, 0.15) is 18.1 Å². The highest BCUT2D eigenvalue weighted by atomic mass is 35.5. The Kier molecular flexibility index (Phi) is 11.5. The average Bonchev–Trinajstić information content (AvgIpc) is 3.73. The van der Waals surface area contributed by atoms with E-state index in [0.29, 0.717) is 23.4 Å². The first kappa shape index (κ1) is 38.9. The number of urea groups is 1. The third-order valence-corrected chi connectivity index (χ3v) is 12.1. The van der Waals surface area contributed by atoms with Crippen LogP contribution in [0, 0.1) is 11.8 Å². The summed E-state index contributed by atoms with van der Waals surface area (Å²) in [5.41, 5.74) is 6.82. The van der Waals surface area contributed by atoms with Crippen LogP contribution in [-0.4, -0.2) is 77.0 Å². The van der Waals surface area contributed by atoms with E-state index in [9.17, 15) is 27.6 Å². The van der Waals surface area contributed by atoms with Crippen LogP contribution in [-0.2, 0) is 14.8 Å². The maximum absolute atomic E-state index is 15.1. The summed E-state index contributed by atoms with van der Waals surface area (Å²) in [6.45, 7) is 8.83. The molecule has 15 heteroatoms. The second kappa shape index (κ2) is 15.3. The monoisotopic (exact) mass is 766 g/mol. The highest BCUT2D eigenvalue weighted by Crippen LogP contribution is 2.35. The second-order valence-electron chi connectivity index (χ2n) is 13.7. The molecule has 4 atom stereocenters. The van der Waals surface area contributed by atoms with Crippen molar-refractivity contribution in [3.8, 4) is 0 Å². The van der Waals surface area contributed by atoms with Gasteiger partial charge in [-0.1, -0.05) is 51.4 Å². The highest BCUT2D eigenvalue weighted by Gasteiger charge is 2.59. The maximum atomic E-state index is 15.1. The predicted octanol–water partition coefficient (Wildman–Crippen LogP) is 6.05. The minimum Gasteiger partial charge on any atom is -0.316 e. The van der Waals surface area contributed by atoms with Crippen LogP contribution in [0.3, 0.4) is 0 Å². The Labute approximate surface area is 311 Å². The molecule has 1 fully saturated rings. The van der Waals surface area contributed by atoms with Crippen LogP contribution in [0.15, 0.2) is 77.7 Å². The van der Waals surface area contributed by atoms with Gasteiger partial charge in [-0.3, -0.25) is 14.4 Å². The summed E-state index contributed by atoms with van der Waals surface area (Å²) in [4.78, 5) is 76.7. The van der Waals surface area contributed by atoms with Crippen LogP contribution in [0.5, 0.6) is 0 Å². The van der Waals surface area contributed by atoms with Crippen molar-refractivity contribution in [2.24, 2.45) is 17.6 Å². The minimum absolute atomic E-state index is 0.0705. The number of nitrogens with zero attached hydrogens (tertiary/aromatic N) is 3. The largest absolute Gasteiger partial charge is 0.434 e. The number of thiazole rings is 1. The normalized spacial score (nSPS) is 18.7. The number of aromatic nitrogens is 1. The smallest absolute Gasteiger partial charge is 0.316 e. The number of carbonyl (C=O) groups excluding carboxylic acids is 5. The highest BCUT2D eigenvalue weighted by molar-refractivity contribution is 7.90. The number of carbonyl (C=O) groups is 5. The number of nitrogens with one attached hydrogen (secondary N) is 1. The van der Waals surface area contributed by atoms with Crippen LogP contribution < -0.4 is 10.5 Å². The molecule has 1 aliphatic heterocycles. The predicted molar refractivity (Wildman–Crippen MR) is 198 cm³/mol. The Morgan fingerprint density at radius 1 is 0.923 bits per heavy atom. The fourth-order valence-electron chi connectivity index (χ4n) is 6.44. The number of fused-ring (bicyclic) bond motifs is 1. The lowest BCUT2D eigenvalue weighted by molar-refractivity contribution is -0.788. The first-order valence-electron chi connectivity index (χ1n) is 16.9. The molecule has 2 unspecified atom stereocenters. The molecule has 12 nitrogen and oxygen atoms in total. The van der Waals surface area contributed by atoms with Gasteiger partial charge in [-0.15, -0.1) is 11.3 Å². The number of ketones is 1. The van der Waals surface area contributed by atoms with Gasteiger partial charge in [-0.05, 0) is 79.4 Å². The van der Waals surface area contributed by atoms with Gasteiger partial charge in [0.05, 0.1) is 21.7 Å². The fourth-order valence-corrected chi connectivity index (χ4v) is 8.48. The number of Topliss-reactive ketones (excluding diaryl/α,β-unsaturated/α-hetero) is 1. The van der Waals surface area contributed by atoms with Crippen molar-refractivity contribution in [1.29, 1.82) is 0 Å². The number of hydrogen-bond donors (Lipinski definition) is 2. The lowest BCUT2D eigenvalue weighted by atomic mass is 9.96. The van der Waals surface area contributed by atoms with Gasteiger partial charge < -0.3 is 5.73 Å². The standard InChI is InChI=1S/C37H40ClN5O7S2/c1-21(2)30(39)36(47)43(20-8-9-23(43)5)37(48)42(31(22(3)4)32(44)34-40-28-10-6-7-11-29(28)51-34)35(46)25-14-12-24(13-15-25)33(45)41-52(49,50)27-18-16-26(38)17-19-27/h6-7,10-19,21-23,30-31H,8-9,20,39H2,1-5H3/p+1/t23-,30+,31?,43?/m1/s1. The van der Waals surface area contributed by atoms with E-state index in [2.05, 4.69) is 4.98 Å². The van der Waals surface area contributed by atoms with Crippen molar-refractivity contribution in [2.75, 3.05) is 6.54 Å². The van der Waals surface area contributed by atoms with Crippen molar-refractivity contribution < 1.29 is 36.9 Å². The van der Waals surface area contributed by atoms with E-state index in [4.69, 9.17) is 17.3 Å². The number of likely N-dealkylation sites (tertiary alicyclic amines) is 1. The summed E-state index contributed by atoms with van der Waals surface area (Å²) in [5.74, 6) is -3.85. The average molecular weight is 767 g/mol. The molecule has 0 bridgehead atoms. The molecule has 1 aromatic heterocycles. The maximum Gasteiger partial charge on any atom is 0.434 e. The zero-order valence-electron chi connectivity index (χ0n) is 29.4. The first-order valence-corrected chi connectivity index (χ1v) is 19.6. The molecule has 0 radical (unpaired) electrons. The van der Waals surface area contributed by atoms with E-state index in [1.165, 1.54) is 48.5 Å². The molecule has 52 heavy (non-hydrogen) atoms. The van der Waals surface area contributed by atoms with Gasteiger partial charge in [-0.2, -0.15) is 4.48 Å². The zero-order valence-corrected chi connectivity index (χ0v) is 31.8. The molecule has 4 aromatic rings. The molecule has 0 aliphatic carbocycles. The van der Waals surface area contributed by atoms with Gasteiger partial charge in [-0.25, -0.2) is 32.6 Å². The molecular formula is C37H41ClN5O7S2+. The summed E-state index contributed by atoms with van der Waals surface area (Å²) in [6.07, 6.45) is 1.04. The molecule has 1 saturated heterocycles. The van der Waals surface area contributed by atoms with Gasteiger partial charge >= 0.3 is 11.9 Å². The van der Waals surface area contributed by atoms with Crippen molar-refractivity contribution in [3.63, 3.8) is 0 Å². The van der Waals surface area contributed by atoms with E-state index in [1.807, 2.05) is 16.9 Å². The number of para-hydroxylation sites is 1. The van der Waals surface area contributed by atoms with Crippen LogP contribution in [0.1, 0.15) is 78.0 Å². The number of quaternary nitrogens is 1. The van der Waals surface area contributed by atoms with Crippen molar-refractivity contribution >= 4 is 72.7 Å². The van der Waals surface area contributed by atoms with Crippen LogP contribution in [0.4, 0.5) is 4.79 Å². The Morgan fingerprint density at radius 2 is 1.54 bits per heavy atom. The molecule has 3 N–H and O–H groups in total. The lowest BCUT2D eigenvalue weighted by Gasteiger charge is -2.40. The third-order valence-electron chi connectivity index (χ3n) is 9.48. The molecule has 0 spiro atoms. The van der Waals surface area contributed by atoms with E-state index < -0.39 is 68.1 Å². The molecule has 274 valence electrons. The van der Waals surface area contributed by atoms with Crippen LogP contribution in [0.2, 0.25) is 5.02 Å². The summed E-state index contributed by atoms with van der Waals surface area (Å²) >= 11 is 7.00. The number of amides is 5. The van der Waals surface area contributed by atoms with Crippen LogP contribution >= 0.6 is 22.9 Å². The van der Waals surface area contributed by atoms with E-state index >= 15 is 4.79 Å². The number of nitrogens with two attached hydrogens (primary N) is 1. The minimum atomic E-state index is -4.25. The summed E-state index contributed by atoms with van der Waals surface area (Å²) in [6, 6.07) is 13.7. The number of hydrogen-bond acceptors (Lipinski definition) is 10. The Bertz CT molecular complexity index is 2100. The van der Waals surface area contributed by atoms with Gasteiger partial charge in [0.2, 0.25) is 5.78 Å². The molecule has 2 heterocycles. The van der Waals surface area contributed by atoms with Crippen LogP contribution in [0.25, 0.3) is 10.2 Å². The number of sulfonamides is 1. The Hall–Kier alpha value is -4.34. The lowest BCUT2D eigenvalue weighted by Crippen LogP contribution is -2.70. The molecule has 1 aliphatic rings. The fraction of sp³-hybridized carbons (Fsp3) is 0.351. The van der Waals surface area contributed by atoms with Crippen molar-refractivity contribution in [3.05, 3.63) is 94.0 Å².